The van der Waals surface area contributed by atoms with Crippen molar-refractivity contribution >= 4 is 41.0 Å². The second-order valence-electron chi connectivity index (χ2n) is 9.47. The van der Waals surface area contributed by atoms with Crippen LogP contribution in [0.25, 0.3) is 0 Å². The van der Waals surface area contributed by atoms with Crippen LogP contribution in [0.15, 0.2) is 59.1 Å². The van der Waals surface area contributed by atoms with Gasteiger partial charge in [0.1, 0.15) is 25.0 Å². The van der Waals surface area contributed by atoms with Crippen molar-refractivity contribution in [2.24, 2.45) is 11.7 Å². The molecule has 2 aromatic carbocycles. The van der Waals surface area contributed by atoms with Gasteiger partial charge in [0.05, 0.1) is 27.9 Å². The van der Waals surface area contributed by atoms with E-state index in [1.54, 1.807) is 0 Å². The second-order valence-corrected chi connectivity index (χ2v) is 10.6. The maximum absolute atomic E-state index is 13.1. The van der Waals surface area contributed by atoms with Crippen LogP contribution in [0.3, 0.4) is 0 Å². The highest BCUT2D eigenvalue weighted by Crippen LogP contribution is 2.47. The summed E-state index contributed by atoms with van der Waals surface area (Å²) in [5.74, 6) is -2.61. The number of carbonyl (C=O) groups is 3. The van der Waals surface area contributed by atoms with Gasteiger partial charge in [-0.1, -0.05) is 0 Å². The molecule has 1 amide bonds. The average molecular weight is 587 g/mol. The Bertz CT molecular complexity index is 1390. The monoisotopic (exact) mass is 586 g/mol. The highest BCUT2D eigenvalue weighted by Gasteiger charge is 2.57. The minimum atomic E-state index is -1.08. The average Bonchev–Trinajstić information content (AvgIpc) is 3.27. The molecule has 0 aromatic heterocycles. The van der Waals surface area contributed by atoms with Gasteiger partial charge in [-0.25, -0.2) is 4.79 Å². The molecule has 216 valence electrons. The lowest BCUT2D eigenvalue weighted by molar-refractivity contribution is -0.385. The standard InChI is InChI=1S/C26H26N4O10S/c1-14(31)22-20-10-21(41-13-19(27)25(33)39-11-15-2-6-17(7-3-15)29(35)36)23(28(20)24(22)32)26(34)40-12-16-4-8-18(9-5-16)30(37)38/h2-9,14,19-20,22,31H,10-13,27H2,1H3/t14-,19?,20+,22-/m0/s1. The fraction of sp³-hybridized carbons (Fsp3) is 0.346. The molecule has 1 fully saturated rings. The van der Waals surface area contributed by atoms with Crippen LogP contribution in [0.1, 0.15) is 24.5 Å². The van der Waals surface area contributed by atoms with Crippen molar-refractivity contribution in [1.82, 2.24) is 4.90 Å². The van der Waals surface area contributed by atoms with E-state index >= 15 is 0 Å². The quantitative estimate of drug-likeness (QED) is 0.159. The molecule has 14 nitrogen and oxygen atoms in total. The highest BCUT2D eigenvalue weighted by molar-refractivity contribution is 8.03. The molecule has 0 saturated carbocycles. The number of ether oxygens (including phenoxy) is 2. The van der Waals surface area contributed by atoms with Gasteiger partial charge in [-0.3, -0.25) is 29.8 Å². The number of benzene rings is 2. The zero-order chi connectivity index (χ0) is 29.8. The van der Waals surface area contributed by atoms with E-state index in [4.69, 9.17) is 15.2 Å². The van der Waals surface area contributed by atoms with Gasteiger partial charge in [-0.2, -0.15) is 0 Å². The molecule has 2 aliphatic heterocycles. The predicted octanol–water partition coefficient (Wildman–Crippen LogP) is 2.17. The first-order valence-electron chi connectivity index (χ1n) is 12.4. The largest absolute Gasteiger partial charge is 0.460 e. The van der Waals surface area contributed by atoms with E-state index in [2.05, 4.69) is 0 Å². The molecular weight excluding hydrogens is 560 g/mol. The summed E-state index contributed by atoms with van der Waals surface area (Å²) in [5.41, 5.74) is 6.85. The van der Waals surface area contributed by atoms with E-state index in [1.807, 2.05) is 0 Å². The van der Waals surface area contributed by atoms with Gasteiger partial charge in [0.25, 0.3) is 11.4 Å². The molecule has 0 bridgehead atoms. The summed E-state index contributed by atoms with van der Waals surface area (Å²) >= 11 is 1.10. The number of thioether (sulfide) groups is 1. The first kappa shape index (κ1) is 29.6. The van der Waals surface area contributed by atoms with Crippen LogP contribution in [-0.2, 0) is 37.1 Å². The molecule has 1 unspecified atom stereocenters. The number of aliphatic hydroxyl groups is 1. The third-order valence-corrected chi connectivity index (χ3v) is 7.90. The summed E-state index contributed by atoms with van der Waals surface area (Å²) in [7, 11) is 0. The number of nitrogens with two attached hydrogens (primary N) is 1. The van der Waals surface area contributed by atoms with Crippen molar-refractivity contribution in [3.05, 3.63) is 90.5 Å². The van der Waals surface area contributed by atoms with Gasteiger partial charge in [0, 0.05) is 41.3 Å². The molecule has 0 aliphatic carbocycles. The summed E-state index contributed by atoms with van der Waals surface area (Å²) in [5, 5.41) is 31.7. The number of rotatable bonds is 12. The SMILES string of the molecule is C[C@H](O)[C@@H]1C(=O)N2C(C(=O)OCc3ccc([N+](=O)[O-])cc3)=C(SCC(N)C(=O)OCc3ccc([N+](=O)[O-])cc3)C[C@H]12. The number of non-ortho nitro benzene ring substituents is 2. The van der Waals surface area contributed by atoms with Crippen molar-refractivity contribution in [3.63, 3.8) is 0 Å². The van der Waals surface area contributed by atoms with E-state index in [-0.39, 0.29) is 42.5 Å². The van der Waals surface area contributed by atoms with Crippen LogP contribution in [0.5, 0.6) is 0 Å². The lowest BCUT2D eigenvalue weighted by Crippen LogP contribution is -2.61. The molecule has 15 heteroatoms. The number of fused-ring (bicyclic) bond motifs is 1. The van der Waals surface area contributed by atoms with Gasteiger partial charge < -0.3 is 25.2 Å². The highest BCUT2D eigenvalue weighted by atomic mass is 32.2. The lowest BCUT2D eigenvalue weighted by atomic mass is 9.83. The molecule has 2 aliphatic rings. The molecule has 1 saturated heterocycles. The number of nitro benzene ring substituents is 2. The first-order valence-corrected chi connectivity index (χ1v) is 13.4. The van der Waals surface area contributed by atoms with Gasteiger partial charge >= 0.3 is 11.9 Å². The molecular formula is C26H26N4O10S. The Morgan fingerprint density at radius 2 is 1.54 bits per heavy atom. The maximum Gasteiger partial charge on any atom is 0.356 e. The van der Waals surface area contributed by atoms with Crippen LogP contribution < -0.4 is 5.73 Å². The third kappa shape index (κ3) is 6.53. The topological polar surface area (TPSA) is 205 Å². The second kappa shape index (κ2) is 12.4. The molecule has 0 radical (unpaired) electrons. The van der Waals surface area contributed by atoms with Crippen molar-refractivity contribution in [3.8, 4) is 0 Å². The number of nitro groups is 2. The maximum atomic E-state index is 13.1. The zero-order valence-electron chi connectivity index (χ0n) is 21.7. The summed E-state index contributed by atoms with van der Waals surface area (Å²) in [6.45, 7) is 1.16. The predicted molar refractivity (Wildman–Crippen MR) is 144 cm³/mol. The van der Waals surface area contributed by atoms with Crippen LogP contribution >= 0.6 is 11.8 Å². The number of hydrogen-bond donors (Lipinski definition) is 2. The number of esters is 2. The molecule has 0 spiro atoms. The van der Waals surface area contributed by atoms with Crippen molar-refractivity contribution in [1.29, 1.82) is 0 Å². The van der Waals surface area contributed by atoms with Crippen molar-refractivity contribution in [2.45, 2.75) is 44.7 Å². The minimum Gasteiger partial charge on any atom is -0.460 e. The molecule has 3 N–H and O–H groups in total. The van der Waals surface area contributed by atoms with E-state index in [0.717, 1.165) is 11.8 Å². The lowest BCUT2D eigenvalue weighted by Gasteiger charge is -2.44. The van der Waals surface area contributed by atoms with Crippen LogP contribution in [0.2, 0.25) is 0 Å². The smallest absolute Gasteiger partial charge is 0.356 e. The van der Waals surface area contributed by atoms with E-state index in [1.165, 1.54) is 60.4 Å². The van der Waals surface area contributed by atoms with Gasteiger partial charge in [-0.15, -0.1) is 11.8 Å². The summed E-state index contributed by atoms with van der Waals surface area (Å²) in [6, 6.07) is 9.44. The molecule has 2 aromatic rings. The number of hydrogen-bond acceptors (Lipinski definition) is 12. The Morgan fingerprint density at radius 1 is 1.02 bits per heavy atom. The Hall–Kier alpha value is -4.34. The van der Waals surface area contributed by atoms with Crippen molar-refractivity contribution < 1.29 is 38.8 Å². The Morgan fingerprint density at radius 3 is 2.02 bits per heavy atom. The third-order valence-electron chi connectivity index (χ3n) is 6.67. The number of amides is 1. The fourth-order valence-electron chi connectivity index (χ4n) is 4.51. The van der Waals surface area contributed by atoms with E-state index in [9.17, 15) is 39.7 Å². The Labute approximate surface area is 237 Å². The van der Waals surface area contributed by atoms with Gasteiger partial charge in [-0.05, 0) is 42.3 Å². The minimum absolute atomic E-state index is 0.00950. The van der Waals surface area contributed by atoms with Crippen molar-refractivity contribution in [2.75, 3.05) is 5.75 Å². The summed E-state index contributed by atoms with van der Waals surface area (Å²) < 4.78 is 10.6. The summed E-state index contributed by atoms with van der Waals surface area (Å²) in [4.78, 5) is 60.6. The number of nitrogens with zero attached hydrogens (tertiary/aromatic N) is 3. The number of β-lactam (4-membered cyclic amide) rings is 1. The van der Waals surface area contributed by atoms with Gasteiger partial charge in [0.2, 0.25) is 5.91 Å². The molecule has 4 rings (SSSR count). The fourth-order valence-corrected chi connectivity index (χ4v) is 5.64. The first-order chi connectivity index (χ1) is 19.5. The number of carbonyl (C=O) groups excluding carboxylic acids is 3. The van der Waals surface area contributed by atoms with Crippen LogP contribution in [-0.4, -0.2) is 61.6 Å². The molecule has 41 heavy (non-hydrogen) atoms. The van der Waals surface area contributed by atoms with Crippen LogP contribution in [0, 0.1) is 26.1 Å². The molecule has 2 heterocycles. The zero-order valence-corrected chi connectivity index (χ0v) is 22.5. The van der Waals surface area contributed by atoms with Crippen LogP contribution in [0.4, 0.5) is 11.4 Å². The Balaban J connectivity index is 1.39. The normalized spacial score (nSPS) is 19.2. The summed E-state index contributed by atoms with van der Waals surface area (Å²) in [6.07, 6.45) is -0.666. The van der Waals surface area contributed by atoms with E-state index in [0.29, 0.717) is 16.0 Å². The van der Waals surface area contributed by atoms with Gasteiger partial charge in [0.15, 0.2) is 0 Å². The Kier molecular flexibility index (Phi) is 9.00. The molecule has 4 atom stereocenters. The number of aliphatic hydroxyl groups excluding tert-OH is 1. The van der Waals surface area contributed by atoms with E-state index < -0.39 is 51.8 Å².